The highest BCUT2D eigenvalue weighted by atomic mass is 79.9. The van der Waals surface area contributed by atoms with E-state index in [0.717, 1.165) is 4.47 Å². The van der Waals surface area contributed by atoms with Crippen molar-refractivity contribution in [2.75, 3.05) is 0 Å². The number of benzene rings is 2. The lowest BCUT2D eigenvalue weighted by atomic mass is 10.0. The van der Waals surface area contributed by atoms with Gasteiger partial charge in [0.1, 0.15) is 5.82 Å². The molecule has 0 aliphatic carbocycles. The molecule has 0 spiro atoms. The monoisotopic (exact) mass is 404 g/mol. The summed E-state index contributed by atoms with van der Waals surface area (Å²) in [5.41, 5.74) is 0.739. The van der Waals surface area contributed by atoms with E-state index in [4.69, 9.17) is 11.6 Å². The minimum absolute atomic E-state index is 0.0186. The van der Waals surface area contributed by atoms with Crippen LogP contribution in [0.15, 0.2) is 45.3 Å². The summed E-state index contributed by atoms with van der Waals surface area (Å²) >= 11 is 12.4. The standard InChI is InChI=1S/C14H8Br2ClFO/c15-9-3-4-12(17)11(6-9)14(19)5-8-1-2-10(16)7-13(8)18/h1-4,6-7H,5H2. The highest BCUT2D eigenvalue weighted by molar-refractivity contribution is 9.10. The summed E-state index contributed by atoms with van der Waals surface area (Å²) in [7, 11) is 0. The predicted molar refractivity (Wildman–Crippen MR) is 81.3 cm³/mol. The summed E-state index contributed by atoms with van der Waals surface area (Å²) in [6.45, 7) is 0. The lowest BCUT2D eigenvalue weighted by Crippen LogP contribution is -2.06. The normalized spacial score (nSPS) is 10.5. The molecule has 0 fully saturated rings. The number of carbonyl (C=O) groups excluding carboxylic acids is 1. The van der Waals surface area contributed by atoms with Gasteiger partial charge in [-0.25, -0.2) is 4.39 Å². The van der Waals surface area contributed by atoms with Crippen molar-refractivity contribution in [3.8, 4) is 0 Å². The van der Waals surface area contributed by atoms with Gasteiger partial charge in [-0.05, 0) is 35.9 Å². The fourth-order valence-corrected chi connectivity index (χ4v) is 2.56. The molecule has 0 aliphatic rings. The van der Waals surface area contributed by atoms with E-state index in [1.807, 2.05) is 0 Å². The van der Waals surface area contributed by atoms with Crippen LogP contribution in [0.1, 0.15) is 15.9 Å². The van der Waals surface area contributed by atoms with Gasteiger partial charge in [-0.2, -0.15) is 0 Å². The van der Waals surface area contributed by atoms with Crippen molar-refractivity contribution in [2.24, 2.45) is 0 Å². The topological polar surface area (TPSA) is 17.1 Å². The fraction of sp³-hybridized carbons (Fsp3) is 0.0714. The maximum atomic E-state index is 13.7. The molecule has 0 N–H and O–H groups in total. The van der Waals surface area contributed by atoms with Crippen molar-refractivity contribution >= 4 is 49.2 Å². The third-order valence-corrected chi connectivity index (χ3v) is 3.91. The van der Waals surface area contributed by atoms with Crippen LogP contribution in [0.3, 0.4) is 0 Å². The van der Waals surface area contributed by atoms with Crippen LogP contribution < -0.4 is 0 Å². The zero-order valence-electron chi connectivity index (χ0n) is 9.59. The van der Waals surface area contributed by atoms with Crippen molar-refractivity contribution in [3.05, 3.63) is 67.3 Å². The quantitative estimate of drug-likeness (QED) is 0.621. The Kier molecular flexibility index (Phi) is 4.76. The second-order valence-corrected chi connectivity index (χ2v) is 6.20. The third-order valence-electron chi connectivity index (χ3n) is 2.59. The van der Waals surface area contributed by atoms with Crippen LogP contribution in [-0.2, 0) is 6.42 Å². The third kappa shape index (κ3) is 3.65. The second-order valence-electron chi connectivity index (χ2n) is 3.96. The highest BCUT2D eigenvalue weighted by Crippen LogP contribution is 2.23. The molecule has 0 saturated carbocycles. The Balaban J connectivity index is 2.28. The predicted octanol–water partition coefficient (Wildman–Crippen LogP) is 5.43. The minimum Gasteiger partial charge on any atom is -0.294 e. The van der Waals surface area contributed by atoms with E-state index in [2.05, 4.69) is 31.9 Å². The van der Waals surface area contributed by atoms with Gasteiger partial charge in [-0.15, -0.1) is 0 Å². The van der Waals surface area contributed by atoms with Gasteiger partial charge >= 0.3 is 0 Å². The van der Waals surface area contributed by atoms with Gasteiger partial charge in [0.25, 0.3) is 0 Å². The molecule has 2 aromatic rings. The van der Waals surface area contributed by atoms with Crippen LogP contribution in [0.2, 0.25) is 5.02 Å². The van der Waals surface area contributed by atoms with Crippen LogP contribution in [0.4, 0.5) is 4.39 Å². The Bertz CT molecular complexity index is 643. The molecule has 2 aromatic carbocycles. The molecule has 0 amide bonds. The molecule has 5 heteroatoms. The number of Topliss-reactive ketones (excluding diaryl/α,β-unsaturated/α-hetero) is 1. The molecular formula is C14H8Br2ClFO. The van der Waals surface area contributed by atoms with Crippen LogP contribution in [-0.4, -0.2) is 5.78 Å². The molecule has 0 saturated heterocycles. The Labute approximate surface area is 132 Å². The van der Waals surface area contributed by atoms with Gasteiger partial charge < -0.3 is 0 Å². The molecular weight excluding hydrogens is 398 g/mol. The van der Waals surface area contributed by atoms with Gasteiger partial charge in [0.15, 0.2) is 5.78 Å². The maximum absolute atomic E-state index is 13.7. The van der Waals surface area contributed by atoms with Crippen molar-refractivity contribution in [1.82, 2.24) is 0 Å². The van der Waals surface area contributed by atoms with E-state index >= 15 is 0 Å². The first-order valence-corrected chi connectivity index (χ1v) is 7.36. The summed E-state index contributed by atoms with van der Waals surface area (Å²) < 4.78 is 15.1. The van der Waals surface area contributed by atoms with Gasteiger partial charge in [-0.3, -0.25) is 4.79 Å². The molecule has 2 rings (SSSR count). The first kappa shape index (κ1) is 14.7. The van der Waals surface area contributed by atoms with Crippen molar-refractivity contribution < 1.29 is 9.18 Å². The first-order valence-electron chi connectivity index (χ1n) is 5.39. The number of rotatable bonds is 3. The smallest absolute Gasteiger partial charge is 0.168 e. The highest BCUT2D eigenvalue weighted by Gasteiger charge is 2.14. The summed E-state index contributed by atoms with van der Waals surface area (Å²) in [5, 5.41) is 0.366. The van der Waals surface area contributed by atoms with Gasteiger partial charge in [0, 0.05) is 20.9 Å². The van der Waals surface area contributed by atoms with Crippen molar-refractivity contribution in [3.63, 3.8) is 0 Å². The van der Waals surface area contributed by atoms with Gasteiger partial charge in [-0.1, -0.05) is 49.5 Å². The van der Waals surface area contributed by atoms with Crippen molar-refractivity contribution in [1.29, 1.82) is 0 Å². The largest absolute Gasteiger partial charge is 0.294 e. The number of carbonyl (C=O) groups is 1. The van der Waals surface area contributed by atoms with Gasteiger partial charge in [0.2, 0.25) is 0 Å². The average molecular weight is 406 g/mol. The van der Waals surface area contributed by atoms with E-state index < -0.39 is 5.82 Å². The number of halogens is 4. The Morgan fingerprint density at radius 3 is 2.42 bits per heavy atom. The van der Waals surface area contributed by atoms with E-state index in [-0.39, 0.29) is 12.2 Å². The molecule has 0 radical (unpaired) electrons. The Morgan fingerprint density at radius 2 is 1.74 bits per heavy atom. The second kappa shape index (κ2) is 6.16. The summed E-state index contributed by atoms with van der Waals surface area (Å²) in [4.78, 5) is 12.1. The molecule has 0 atom stereocenters. The fourth-order valence-electron chi connectivity index (χ4n) is 1.64. The Hall–Kier alpha value is -0.710. The van der Waals surface area contributed by atoms with Crippen molar-refractivity contribution in [2.45, 2.75) is 6.42 Å². The molecule has 0 bridgehead atoms. The SMILES string of the molecule is O=C(Cc1ccc(Br)cc1F)c1cc(Br)ccc1Cl. The average Bonchev–Trinajstić information content (AvgIpc) is 2.35. The number of ketones is 1. The van der Waals surface area contributed by atoms with Crippen LogP contribution in [0.5, 0.6) is 0 Å². The van der Waals surface area contributed by atoms with E-state index in [1.54, 1.807) is 30.3 Å². The minimum atomic E-state index is -0.408. The molecule has 19 heavy (non-hydrogen) atoms. The molecule has 98 valence electrons. The maximum Gasteiger partial charge on any atom is 0.168 e. The number of hydrogen-bond acceptors (Lipinski definition) is 1. The summed E-state index contributed by atoms with van der Waals surface area (Å²) in [6.07, 6.45) is -0.0186. The molecule has 0 aliphatic heterocycles. The van der Waals surface area contributed by atoms with Crippen LogP contribution in [0.25, 0.3) is 0 Å². The Morgan fingerprint density at radius 1 is 1.11 bits per heavy atom. The molecule has 0 unspecified atom stereocenters. The zero-order valence-corrected chi connectivity index (χ0v) is 13.5. The van der Waals surface area contributed by atoms with Crippen LogP contribution in [0, 0.1) is 5.82 Å². The number of hydrogen-bond donors (Lipinski definition) is 0. The van der Waals surface area contributed by atoms with E-state index in [9.17, 15) is 9.18 Å². The molecule has 1 nitrogen and oxygen atoms in total. The van der Waals surface area contributed by atoms with E-state index in [0.29, 0.717) is 20.6 Å². The lowest BCUT2D eigenvalue weighted by molar-refractivity contribution is 0.0992. The summed E-state index contributed by atoms with van der Waals surface area (Å²) in [6, 6.07) is 9.65. The lowest BCUT2D eigenvalue weighted by Gasteiger charge is -2.06. The summed E-state index contributed by atoms with van der Waals surface area (Å²) in [5.74, 6) is -0.624. The molecule has 0 aromatic heterocycles. The van der Waals surface area contributed by atoms with Crippen LogP contribution >= 0.6 is 43.5 Å². The molecule has 0 heterocycles. The zero-order chi connectivity index (χ0) is 14.0. The first-order chi connectivity index (χ1) is 8.97. The van der Waals surface area contributed by atoms with Gasteiger partial charge in [0.05, 0.1) is 5.02 Å². The van der Waals surface area contributed by atoms with E-state index in [1.165, 1.54) is 6.07 Å².